The molecule has 1 N–H and O–H groups in total. The van der Waals surface area contributed by atoms with E-state index < -0.39 is 0 Å². The molecule has 2 fully saturated rings. The lowest BCUT2D eigenvalue weighted by Crippen LogP contribution is -2.33. The molecule has 1 saturated carbocycles. The van der Waals surface area contributed by atoms with Crippen LogP contribution in [0.25, 0.3) is 0 Å². The topological polar surface area (TPSA) is 58.1 Å². The maximum absolute atomic E-state index is 12.5. The van der Waals surface area contributed by atoms with E-state index in [1.807, 2.05) is 11.8 Å². The van der Waals surface area contributed by atoms with E-state index in [1.165, 1.54) is 32.1 Å². The van der Waals surface area contributed by atoms with E-state index >= 15 is 0 Å². The molecule has 5 nitrogen and oxygen atoms in total. The Kier molecular flexibility index (Phi) is 4.05. The summed E-state index contributed by atoms with van der Waals surface area (Å²) in [5, 5.41) is 3.38. The normalized spacial score (nSPS) is 25.2. The fraction of sp³-hybridized carbons (Fsp3) is 0.722. The Bertz CT molecular complexity index is 603. The highest BCUT2D eigenvalue weighted by molar-refractivity contribution is 6.00. The van der Waals surface area contributed by atoms with E-state index in [2.05, 4.69) is 5.32 Å². The molecule has 0 aromatic carbocycles. The summed E-state index contributed by atoms with van der Waals surface area (Å²) in [5.41, 5.74) is 2.05. The molecule has 124 valence electrons. The highest BCUT2D eigenvalue weighted by Crippen LogP contribution is 2.34. The van der Waals surface area contributed by atoms with Crippen LogP contribution in [-0.2, 0) is 11.2 Å². The molecule has 1 atom stereocenters. The van der Waals surface area contributed by atoms with E-state index in [1.54, 1.807) is 0 Å². The molecule has 0 bridgehead atoms. The SMILES string of the molecule is Cc1nc([C@H]2CCNC2)nc2c1CC(=O)N2CC1CCCCC1. The second-order valence-electron chi connectivity index (χ2n) is 7.34. The number of nitrogens with zero attached hydrogens (tertiary/aromatic N) is 3. The van der Waals surface area contributed by atoms with Crippen LogP contribution in [0.1, 0.15) is 61.5 Å². The Hall–Kier alpha value is -1.49. The average Bonchev–Trinajstić information content (AvgIpc) is 3.19. The smallest absolute Gasteiger partial charge is 0.232 e. The first-order valence-electron chi connectivity index (χ1n) is 9.11. The number of fused-ring (bicyclic) bond motifs is 1. The van der Waals surface area contributed by atoms with Crippen molar-refractivity contribution in [3.05, 3.63) is 17.1 Å². The van der Waals surface area contributed by atoms with Crippen molar-refractivity contribution in [1.82, 2.24) is 15.3 Å². The second-order valence-corrected chi connectivity index (χ2v) is 7.34. The molecule has 2 aliphatic heterocycles. The molecule has 0 spiro atoms. The quantitative estimate of drug-likeness (QED) is 0.930. The largest absolute Gasteiger partial charge is 0.316 e. The zero-order valence-electron chi connectivity index (χ0n) is 14.0. The van der Waals surface area contributed by atoms with Crippen LogP contribution >= 0.6 is 0 Å². The number of nitrogens with one attached hydrogen (secondary N) is 1. The number of carbonyl (C=O) groups is 1. The van der Waals surface area contributed by atoms with Gasteiger partial charge in [-0.15, -0.1) is 0 Å². The van der Waals surface area contributed by atoms with Crippen LogP contribution in [0, 0.1) is 12.8 Å². The lowest BCUT2D eigenvalue weighted by atomic mass is 9.89. The highest BCUT2D eigenvalue weighted by Gasteiger charge is 2.34. The third-order valence-electron chi connectivity index (χ3n) is 5.69. The number of hydrogen-bond acceptors (Lipinski definition) is 4. The average molecular weight is 314 g/mol. The van der Waals surface area contributed by atoms with Crippen LogP contribution in [0.3, 0.4) is 0 Å². The molecule has 4 rings (SSSR count). The standard InChI is InChI=1S/C18H26N4O/c1-12-15-9-16(23)22(11-13-5-3-2-4-6-13)18(15)21-17(20-12)14-7-8-19-10-14/h13-14,19H,2-11H2,1H3/t14-/m0/s1. The molecular formula is C18H26N4O. The van der Waals surface area contributed by atoms with Gasteiger partial charge in [-0.05, 0) is 38.6 Å². The van der Waals surface area contributed by atoms with Gasteiger partial charge in [0, 0.05) is 30.3 Å². The van der Waals surface area contributed by atoms with Gasteiger partial charge in [-0.25, -0.2) is 9.97 Å². The number of aromatic nitrogens is 2. The zero-order valence-corrected chi connectivity index (χ0v) is 14.0. The highest BCUT2D eigenvalue weighted by atomic mass is 16.2. The van der Waals surface area contributed by atoms with Gasteiger partial charge >= 0.3 is 0 Å². The summed E-state index contributed by atoms with van der Waals surface area (Å²) >= 11 is 0. The van der Waals surface area contributed by atoms with E-state index in [-0.39, 0.29) is 5.91 Å². The van der Waals surface area contributed by atoms with Gasteiger partial charge in [-0.2, -0.15) is 0 Å². The first kappa shape index (κ1) is 15.1. The number of amides is 1. The summed E-state index contributed by atoms with van der Waals surface area (Å²) in [5.74, 6) is 3.09. The number of rotatable bonds is 3. The van der Waals surface area contributed by atoms with E-state index in [0.717, 1.165) is 49.0 Å². The van der Waals surface area contributed by atoms with Crippen molar-refractivity contribution in [2.45, 2.75) is 57.8 Å². The van der Waals surface area contributed by atoms with Gasteiger partial charge in [-0.1, -0.05) is 19.3 Å². The Morgan fingerprint density at radius 1 is 1.17 bits per heavy atom. The Labute approximate surface area is 137 Å². The van der Waals surface area contributed by atoms with Gasteiger partial charge in [0.15, 0.2) is 0 Å². The van der Waals surface area contributed by atoms with Crippen molar-refractivity contribution in [3.8, 4) is 0 Å². The minimum Gasteiger partial charge on any atom is -0.316 e. The van der Waals surface area contributed by atoms with Crippen molar-refractivity contribution in [1.29, 1.82) is 0 Å². The predicted octanol–water partition coefficient (Wildman–Crippen LogP) is 2.33. The maximum Gasteiger partial charge on any atom is 0.232 e. The van der Waals surface area contributed by atoms with E-state index in [4.69, 9.17) is 9.97 Å². The molecule has 1 aromatic rings. The van der Waals surface area contributed by atoms with Crippen LogP contribution in [0.4, 0.5) is 5.82 Å². The number of aryl methyl sites for hydroxylation is 1. The lowest BCUT2D eigenvalue weighted by molar-refractivity contribution is -0.117. The first-order chi connectivity index (χ1) is 11.2. The molecule has 23 heavy (non-hydrogen) atoms. The molecular weight excluding hydrogens is 288 g/mol. The molecule has 0 unspecified atom stereocenters. The Balaban J connectivity index is 1.61. The molecule has 0 radical (unpaired) electrons. The molecule has 1 saturated heterocycles. The third kappa shape index (κ3) is 2.87. The third-order valence-corrected chi connectivity index (χ3v) is 5.69. The summed E-state index contributed by atoms with van der Waals surface area (Å²) in [4.78, 5) is 24.1. The van der Waals surface area contributed by atoms with Crippen molar-refractivity contribution < 1.29 is 4.79 Å². The maximum atomic E-state index is 12.5. The van der Waals surface area contributed by atoms with Gasteiger partial charge in [0.05, 0.1) is 6.42 Å². The van der Waals surface area contributed by atoms with E-state index in [9.17, 15) is 4.79 Å². The molecule has 3 heterocycles. The van der Waals surface area contributed by atoms with Crippen molar-refractivity contribution in [2.24, 2.45) is 5.92 Å². The first-order valence-corrected chi connectivity index (χ1v) is 9.11. The minimum atomic E-state index is 0.213. The predicted molar refractivity (Wildman–Crippen MR) is 89.6 cm³/mol. The summed E-state index contributed by atoms with van der Waals surface area (Å²) in [7, 11) is 0. The van der Waals surface area contributed by atoms with Crippen LogP contribution in [0.5, 0.6) is 0 Å². The summed E-state index contributed by atoms with van der Waals surface area (Å²) in [6.45, 7) is 4.87. The molecule has 1 aromatic heterocycles. The molecule has 1 aliphatic carbocycles. The van der Waals surface area contributed by atoms with Gasteiger partial charge in [0.1, 0.15) is 11.6 Å². The fourth-order valence-corrected chi connectivity index (χ4v) is 4.27. The van der Waals surface area contributed by atoms with Gasteiger partial charge in [0.25, 0.3) is 0 Å². The van der Waals surface area contributed by atoms with Gasteiger partial charge < -0.3 is 5.32 Å². The number of hydrogen-bond donors (Lipinski definition) is 1. The van der Waals surface area contributed by atoms with Crippen molar-refractivity contribution >= 4 is 11.7 Å². The number of anilines is 1. The van der Waals surface area contributed by atoms with Gasteiger partial charge in [0.2, 0.25) is 5.91 Å². The van der Waals surface area contributed by atoms with Crippen LogP contribution in [0.15, 0.2) is 0 Å². The fourth-order valence-electron chi connectivity index (χ4n) is 4.27. The lowest BCUT2D eigenvalue weighted by Gasteiger charge is -2.27. The van der Waals surface area contributed by atoms with Crippen LogP contribution in [0.2, 0.25) is 0 Å². The Morgan fingerprint density at radius 3 is 2.74 bits per heavy atom. The zero-order chi connectivity index (χ0) is 15.8. The minimum absolute atomic E-state index is 0.213. The van der Waals surface area contributed by atoms with Crippen molar-refractivity contribution in [3.63, 3.8) is 0 Å². The summed E-state index contributed by atoms with van der Waals surface area (Å²) in [6, 6.07) is 0. The monoisotopic (exact) mass is 314 g/mol. The summed E-state index contributed by atoms with van der Waals surface area (Å²) < 4.78 is 0. The second kappa shape index (κ2) is 6.19. The molecule has 5 heteroatoms. The van der Waals surface area contributed by atoms with E-state index in [0.29, 0.717) is 18.3 Å². The van der Waals surface area contributed by atoms with Crippen molar-refractivity contribution in [2.75, 3.05) is 24.5 Å². The van der Waals surface area contributed by atoms with Crippen LogP contribution in [-0.4, -0.2) is 35.5 Å². The molecule has 3 aliphatic rings. The number of carbonyl (C=O) groups excluding carboxylic acids is 1. The van der Waals surface area contributed by atoms with Crippen LogP contribution < -0.4 is 10.2 Å². The molecule has 1 amide bonds. The summed E-state index contributed by atoms with van der Waals surface area (Å²) in [6.07, 6.45) is 8.04. The Morgan fingerprint density at radius 2 is 2.00 bits per heavy atom. The van der Waals surface area contributed by atoms with Gasteiger partial charge in [-0.3, -0.25) is 9.69 Å².